The Morgan fingerprint density at radius 1 is 1.52 bits per heavy atom. The van der Waals surface area contributed by atoms with Crippen molar-refractivity contribution >= 4 is 33.3 Å². The highest BCUT2D eigenvalue weighted by molar-refractivity contribution is 7.94. The second-order valence-corrected chi connectivity index (χ2v) is 6.87. The molecular weight excluding hydrogens is 320 g/mol. The summed E-state index contributed by atoms with van der Waals surface area (Å²) in [6.45, 7) is 2.10. The van der Waals surface area contributed by atoms with Crippen LogP contribution in [0.3, 0.4) is 0 Å². The van der Waals surface area contributed by atoms with Gasteiger partial charge in [0.05, 0.1) is 13.0 Å². The number of carbonyl (C=O) groups is 1. The van der Waals surface area contributed by atoms with E-state index in [4.69, 9.17) is 9.84 Å². The number of carboxylic acids is 1. The molecule has 2 aromatic rings. The molecule has 0 aliphatic heterocycles. The molecule has 0 aliphatic carbocycles. The normalized spacial score (nSPS) is 11.3. The van der Waals surface area contributed by atoms with Crippen molar-refractivity contribution in [1.29, 1.82) is 0 Å². The molecule has 11 heteroatoms. The van der Waals surface area contributed by atoms with Gasteiger partial charge in [-0.15, -0.1) is 16.4 Å². The summed E-state index contributed by atoms with van der Waals surface area (Å²) < 4.78 is 31.4. The van der Waals surface area contributed by atoms with Gasteiger partial charge in [-0.3, -0.25) is 4.79 Å². The van der Waals surface area contributed by atoms with Crippen molar-refractivity contribution in [1.82, 2.24) is 15.2 Å². The van der Waals surface area contributed by atoms with Gasteiger partial charge < -0.3 is 9.84 Å². The number of aromatic amines is 1. The topological polar surface area (TPSA) is 134 Å². The number of nitrogens with zero attached hydrogens (tertiary/aromatic N) is 2. The molecule has 0 spiro atoms. The second kappa shape index (κ2) is 6.10. The molecule has 0 unspecified atom stereocenters. The van der Waals surface area contributed by atoms with E-state index in [1.54, 1.807) is 6.92 Å². The van der Waals surface area contributed by atoms with Gasteiger partial charge in [0.2, 0.25) is 5.95 Å². The largest absolute Gasteiger partial charge is 0.481 e. The Balaban J connectivity index is 2.13. The molecule has 0 bridgehead atoms. The molecule has 21 heavy (non-hydrogen) atoms. The van der Waals surface area contributed by atoms with Gasteiger partial charge in [-0.1, -0.05) is 0 Å². The zero-order valence-electron chi connectivity index (χ0n) is 10.9. The van der Waals surface area contributed by atoms with E-state index in [0.29, 0.717) is 11.5 Å². The molecule has 3 N–H and O–H groups in total. The van der Waals surface area contributed by atoms with Crippen LogP contribution in [0.4, 0.5) is 5.95 Å². The van der Waals surface area contributed by atoms with Crippen LogP contribution in [-0.4, -0.2) is 41.3 Å². The molecule has 2 heterocycles. The van der Waals surface area contributed by atoms with Crippen molar-refractivity contribution < 1.29 is 23.1 Å². The monoisotopic (exact) mass is 332 g/mol. The molecule has 0 aromatic carbocycles. The van der Waals surface area contributed by atoms with Gasteiger partial charge in [0.25, 0.3) is 10.0 Å². The maximum Gasteiger partial charge on any atom is 0.337 e. The zero-order chi connectivity index (χ0) is 15.5. The van der Waals surface area contributed by atoms with Crippen LogP contribution in [0, 0.1) is 0 Å². The summed E-state index contributed by atoms with van der Waals surface area (Å²) in [5.41, 5.74) is 0. The van der Waals surface area contributed by atoms with Crippen molar-refractivity contribution in [2.45, 2.75) is 17.6 Å². The Kier molecular flexibility index (Phi) is 4.43. The van der Waals surface area contributed by atoms with Crippen LogP contribution in [0.5, 0.6) is 6.01 Å². The summed E-state index contributed by atoms with van der Waals surface area (Å²) in [7, 11) is -3.84. The lowest BCUT2D eigenvalue weighted by atomic mass is 10.3. The van der Waals surface area contributed by atoms with Crippen LogP contribution in [0.1, 0.15) is 11.8 Å². The minimum absolute atomic E-state index is 0.00638. The fourth-order valence-electron chi connectivity index (χ4n) is 1.41. The Morgan fingerprint density at radius 3 is 2.95 bits per heavy atom. The fraction of sp³-hybridized carbons (Fsp3) is 0.300. The number of sulfonamides is 1. The van der Waals surface area contributed by atoms with E-state index in [9.17, 15) is 13.2 Å². The molecule has 2 rings (SSSR count). The van der Waals surface area contributed by atoms with Crippen LogP contribution in [-0.2, 0) is 21.2 Å². The van der Waals surface area contributed by atoms with Crippen molar-refractivity contribution in [3.05, 3.63) is 17.0 Å². The number of hydrogen-bond acceptors (Lipinski definition) is 7. The number of H-pyrrole nitrogens is 1. The first kappa shape index (κ1) is 15.3. The fourth-order valence-corrected chi connectivity index (χ4v) is 3.71. The quantitative estimate of drug-likeness (QED) is 0.679. The molecule has 0 radical (unpaired) electrons. The predicted molar refractivity (Wildman–Crippen MR) is 74.0 cm³/mol. The molecule has 0 fully saturated rings. The minimum atomic E-state index is -3.84. The molecule has 0 aliphatic rings. The standard InChI is InChI=1S/C10H12N4O5S2/c1-2-19-10-11-9(12-13-10)14-21(17,18)8-4-3-6(20-8)5-7(15)16/h3-4H,2,5H2,1H3,(H,15,16)(H2,11,12,13,14). The van der Waals surface area contributed by atoms with Crippen LogP contribution in [0.15, 0.2) is 16.3 Å². The summed E-state index contributed by atoms with van der Waals surface area (Å²) in [6, 6.07) is 2.83. The molecule has 114 valence electrons. The Hall–Kier alpha value is -2.14. The number of ether oxygens (including phenoxy) is 1. The van der Waals surface area contributed by atoms with Gasteiger partial charge >= 0.3 is 12.0 Å². The third-order valence-electron chi connectivity index (χ3n) is 2.20. The number of thiophene rings is 1. The van der Waals surface area contributed by atoms with Crippen LogP contribution < -0.4 is 9.46 Å². The van der Waals surface area contributed by atoms with E-state index >= 15 is 0 Å². The lowest BCUT2D eigenvalue weighted by Crippen LogP contribution is -2.12. The van der Waals surface area contributed by atoms with Crippen molar-refractivity contribution in [2.75, 3.05) is 11.3 Å². The molecule has 9 nitrogen and oxygen atoms in total. The van der Waals surface area contributed by atoms with Gasteiger partial charge in [-0.2, -0.15) is 4.98 Å². The predicted octanol–water partition coefficient (Wildman–Crippen LogP) is 0.693. The summed E-state index contributed by atoms with van der Waals surface area (Å²) in [5, 5.41) is 14.7. The highest BCUT2D eigenvalue weighted by atomic mass is 32.2. The summed E-state index contributed by atoms with van der Waals surface area (Å²) in [4.78, 5) is 14.8. The number of anilines is 1. The molecule has 0 atom stereocenters. The van der Waals surface area contributed by atoms with Crippen LogP contribution in [0.25, 0.3) is 0 Å². The number of aromatic nitrogens is 3. The Morgan fingerprint density at radius 2 is 2.29 bits per heavy atom. The number of nitrogens with one attached hydrogen (secondary N) is 2. The maximum atomic E-state index is 12.1. The first-order valence-corrected chi connectivity index (χ1v) is 8.09. The van der Waals surface area contributed by atoms with Gasteiger partial charge in [0.15, 0.2) is 0 Å². The van der Waals surface area contributed by atoms with Crippen molar-refractivity contribution in [2.24, 2.45) is 0 Å². The third-order valence-corrected chi connectivity index (χ3v) is 5.11. The van der Waals surface area contributed by atoms with E-state index in [0.717, 1.165) is 11.3 Å². The van der Waals surface area contributed by atoms with Gasteiger partial charge in [-0.25, -0.2) is 18.2 Å². The number of carboxylic acid groups (broad SMARTS) is 1. The van der Waals surface area contributed by atoms with Gasteiger partial charge in [-0.05, 0) is 19.1 Å². The van der Waals surface area contributed by atoms with E-state index in [2.05, 4.69) is 19.9 Å². The third kappa shape index (κ3) is 3.92. The highest BCUT2D eigenvalue weighted by Crippen LogP contribution is 2.23. The van der Waals surface area contributed by atoms with E-state index in [1.807, 2.05) is 0 Å². The SMILES string of the molecule is CCOc1n[nH]c(NS(=O)(=O)c2ccc(CC(=O)O)s2)n1. The molecule has 0 saturated heterocycles. The average molecular weight is 332 g/mol. The average Bonchev–Trinajstić information content (AvgIpc) is 2.98. The van der Waals surface area contributed by atoms with E-state index in [-0.39, 0.29) is 22.6 Å². The molecule has 0 saturated carbocycles. The summed E-state index contributed by atoms with van der Waals surface area (Å²) in [5.74, 6) is -1.10. The summed E-state index contributed by atoms with van der Waals surface area (Å²) >= 11 is 0.880. The number of aliphatic carboxylic acids is 1. The van der Waals surface area contributed by atoms with Gasteiger partial charge in [0, 0.05) is 4.88 Å². The van der Waals surface area contributed by atoms with Crippen LogP contribution in [0.2, 0.25) is 0 Å². The lowest BCUT2D eigenvalue weighted by molar-refractivity contribution is -0.136. The van der Waals surface area contributed by atoms with Crippen molar-refractivity contribution in [3.63, 3.8) is 0 Å². The van der Waals surface area contributed by atoms with Gasteiger partial charge in [0.1, 0.15) is 4.21 Å². The van der Waals surface area contributed by atoms with E-state index < -0.39 is 16.0 Å². The lowest BCUT2D eigenvalue weighted by Gasteiger charge is -2.01. The smallest absolute Gasteiger partial charge is 0.337 e. The molecule has 0 amide bonds. The molecule has 2 aromatic heterocycles. The van der Waals surface area contributed by atoms with Crippen molar-refractivity contribution in [3.8, 4) is 6.01 Å². The highest BCUT2D eigenvalue weighted by Gasteiger charge is 2.19. The minimum Gasteiger partial charge on any atom is -0.481 e. The number of rotatable bonds is 7. The number of hydrogen-bond donors (Lipinski definition) is 3. The summed E-state index contributed by atoms with van der Waals surface area (Å²) in [6.07, 6.45) is -0.225. The van der Waals surface area contributed by atoms with E-state index in [1.165, 1.54) is 12.1 Å². The first-order valence-electron chi connectivity index (χ1n) is 5.79. The maximum absolute atomic E-state index is 12.1. The first-order chi connectivity index (χ1) is 9.90. The van der Waals surface area contributed by atoms with Crippen LogP contribution >= 0.6 is 11.3 Å². The second-order valence-electron chi connectivity index (χ2n) is 3.80. The zero-order valence-corrected chi connectivity index (χ0v) is 12.5. The Bertz CT molecular complexity index is 736. The Labute approximate surface area is 124 Å². The molecular formula is C10H12N4O5S2.